The van der Waals surface area contributed by atoms with Crippen molar-refractivity contribution >= 4 is 16.7 Å². The average Bonchev–Trinajstić information content (AvgIpc) is 3.28. The number of aromatic amines is 1. The molecule has 1 aliphatic rings. The topological polar surface area (TPSA) is 79.4 Å². The first-order valence-electron chi connectivity index (χ1n) is 8.90. The normalized spacial score (nSPS) is 18.7. The smallest absolute Gasteiger partial charge is 0.272 e. The number of H-pyrrole nitrogens is 1. The molecule has 7 heteroatoms. The van der Waals surface area contributed by atoms with Gasteiger partial charge >= 0.3 is 0 Å². The minimum absolute atomic E-state index is 0.0810. The number of oxazole rings is 1. The Bertz CT molecular complexity index is 1090. The van der Waals surface area contributed by atoms with Gasteiger partial charge in [-0.15, -0.1) is 0 Å². The zero-order valence-corrected chi connectivity index (χ0v) is 14.3. The second-order valence-corrected chi connectivity index (χ2v) is 6.84. The SMILES string of the molecule is O=c1cc(CN2CCCC(c3nc4ccccc4o3)C2)nc2cc[nH]n12. The number of para-hydroxylation sites is 2. The van der Waals surface area contributed by atoms with Gasteiger partial charge in [0.25, 0.3) is 5.56 Å². The summed E-state index contributed by atoms with van der Waals surface area (Å²) in [6.45, 7) is 2.51. The van der Waals surface area contributed by atoms with E-state index in [4.69, 9.17) is 4.42 Å². The number of nitrogens with zero attached hydrogens (tertiary/aromatic N) is 4. The third kappa shape index (κ3) is 2.70. The lowest BCUT2D eigenvalue weighted by atomic mass is 9.98. The molecule has 1 aromatic carbocycles. The number of rotatable bonds is 3. The van der Waals surface area contributed by atoms with Crippen LogP contribution in [0.15, 0.2) is 51.8 Å². The molecule has 3 aromatic heterocycles. The molecule has 7 nitrogen and oxygen atoms in total. The molecule has 1 unspecified atom stereocenters. The van der Waals surface area contributed by atoms with Gasteiger partial charge in [-0.25, -0.2) is 14.5 Å². The Labute approximate surface area is 149 Å². The van der Waals surface area contributed by atoms with Gasteiger partial charge in [0.05, 0.1) is 5.69 Å². The number of benzene rings is 1. The van der Waals surface area contributed by atoms with Crippen molar-refractivity contribution in [1.82, 2.24) is 24.5 Å². The maximum atomic E-state index is 12.1. The predicted octanol–water partition coefficient (Wildman–Crippen LogP) is 2.54. The minimum atomic E-state index is -0.0810. The van der Waals surface area contributed by atoms with Crippen molar-refractivity contribution in [2.24, 2.45) is 0 Å². The predicted molar refractivity (Wildman–Crippen MR) is 97.1 cm³/mol. The van der Waals surface area contributed by atoms with Gasteiger partial charge in [-0.1, -0.05) is 12.1 Å². The van der Waals surface area contributed by atoms with E-state index in [1.54, 1.807) is 12.3 Å². The van der Waals surface area contributed by atoms with Crippen molar-refractivity contribution in [2.75, 3.05) is 13.1 Å². The Balaban J connectivity index is 1.37. The van der Waals surface area contributed by atoms with Gasteiger partial charge in [0.15, 0.2) is 17.1 Å². The first kappa shape index (κ1) is 15.3. The molecule has 4 aromatic rings. The molecule has 1 saturated heterocycles. The summed E-state index contributed by atoms with van der Waals surface area (Å²) < 4.78 is 7.41. The lowest BCUT2D eigenvalue weighted by molar-refractivity contribution is 0.185. The quantitative estimate of drug-likeness (QED) is 0.615. The summed E-state index contributed by atoms with van der Waals surface area (Å²) in [6.07, 6.45) is 3.86. The van der Waals surface area contributed by atoms with E-state index in [9.17, 15) is 4.79 Å². The van der Waals surface area contributed by atoms with Gasteiger partial charge in [-0.05, 0) is 31.5 Å². The van der Waals surface area contributed by atoms with E-state index in [0.29, 0.717) is 12.2 Å². The summed E-state index contributed by atoms with van der Waals surface area (Å²) in [5.41, 5.74) is 3.12. The molecule has 1 aliphatic heterocycles. The molecule has 26 heavy (non-hydrogen) atoms. The highest BCUT2D eigenvalue weighted by Crippen LogP contribution is 2.29. The van der Waals surface area contributed by atoms with Gasteiger partial charge in [0, 0.05) is 37.3 Å². The summed E-state index contributed by atoms with van der Waals surface area (Å²) in [5, 5.41) is 2.87. The summed E-state index contributed by atoms with van der Waals surface area (Å²) >= 11 is 0. The van der Waals surface area contributed by atoms with Crippen molar-refractivity contribution in [3.63, 3.8) is 0 Å². The zero-order valence-electron chi connectivity index (χ0n) is 14.3. The molecule has 4 heterocycles. The maximum absolute atomic E-state index is 12.1. The lowest BCUT2D eigenvalue weighted by Gasteiger charge is -2.30. The van der Waals surface area contributed by atoms with Crippen LogP contribution in [0, 0.1) is 0 Å². The molecule has 1 fully saturated rings. The van der Waals surface area contributed by atoms with Gasteiger partial charge < -0.3 is 4.42 Å². The fraction of sp³-hybridized carbons (Fsp3) is 0.316. The average molecular weight is 349 g/mol. The third-order valence-electron chi connectivity index (χ3n) is 4.98. The van der Waals surface area contributed by atoms with Crippen LogP contribution < -0.4 is 5.56 Å². The Morgan fingerprint density at radius 1 is 1.23 bits per heavy atom. The van der Waals surface area contributed by atoms with Gasteiger partial charge in [0.2, 0.25) is 0 Å². The number of piperidine rings is 1. The van der Waals surface area contributed by atoms with E-state index >= 15 is 0 Å². The van der Waals surface area contributed by atoms with Crippen LogP contribution >= 0.6 is 0 Å². The lowest BCUT2D eigenvalue weighted by Crippen LogP contribution is -2.34. The largest absolute Gasteiger partial charge is 0.440 e. The standard InChI is InChI=1S/C19H19N5O2/c25-18-10-14(21-17-7-8-20-24(17)18)12-23-9-3-4-13(11-23)19-22-15-5-1-2-6-16(15)26-19/h1-2,5-8,10,13,20H,3-4,9,11-12H2. The molecule has 0 bridgehead atoms. The monoisotopic (exact) mass is 349 g/mol. The van der Waals surface area contributed by atoms with Crippen molar-refractivity contribution in [3.8, 4) is 0 Å². The van der Waals surface area contributed by atoms with Crippen LogP contribution in [0.3, 0.4) is 0 Å². The number of aromatic nitrogens is 4. The maximum Gasteiger partial charge on any atom is 0.272 e. The molecule has 0 radical (unpaired) electrons. The second-order valence-electron chi connectivity index (χ2n) is 6.84. The fourth-order valence-electron chi connectivity index (χ4n) is 3.75. The third-order valence-corrected chi connectivity index (χ3v) is 4.98. The van der Waals surface area contributed by atoms with E-state index in [-0.39, 0.29) is 11.5 Å². The summed E-state index contributed by atoms with van der Waals surface area (Å²) in [6, 6.07) is 11.3. The van der Waals surface area contributed by atoms with E-state index in [0.717, 1.165) is 48.6 Å². The summed E-state index contributed by atoms with van der Waals surface area (Å²) in [5.74, 6) is 1.08. The number of fused-ring (bicyclic) bond motifs is 2. The molecule has 0 spiro atoms. The summed E-state index contributed by atoms with van der Waals surface area (Å²) in [4.78, 5) is 23.7. The van der Waals surface area contributed by atoms with Gasteiger partial charge in [0.1, 0.15) is 5.52 Å². The van der Waals surface area contributed by atoms with E-state index in [2.05, 4.69) is 20.0 Å². The number of hydrogen-bond donors (Lipinski definition) is 1. The highest BCUT2D eigenvalue weighted by atomic mass is 16.3. The Morgan fingerprint density at radius 2 is 2.15 bits per heavy atom. The highest BCUT2D eigenvalue weighted by Gasteiger charge is 2.25. The van der Waals surface area contributed by atoms with E-state index < -0.39 is 0 Å². The molecular weight excluding hydrogens is 330 g/mol. The van der Waals surface area contributed by atoms with Crippen LogP contribution in [0.1, 0.15) is 30.3 Å². The molecule has 0 saturated carbocycles. The zero-order chi connectivity index (χ0) is 17.5. The first-order valence-corrected chi connectivity index (χ1v) is 8.90. The molecule has 1 N–H and O–H groups in total. The van der Waals surface area contributed by atoms with E-state index in [1.807, 2.05) is 30.3 Å². The van der Waals surface area contributed by atoms with Crippen LogP contribution in [0.2, 0.25) is 0 Å². The molecule has 1 atom stereocenters. The Morgan fingerprint density at radius 3 is 3.08 bits per heavy atom. The minimum Gasteiger partial charge on any atom is -0.440 e. The first-order chi connectivity index (χ1) is 12.8. The molecule has 0 amide bonds. The van der Waals surface area contributed by atoms with E-state index in [1.165, 1.54) is 4.52 Å². The van der Waals surface area contributed by atoms with Crippen molar-refractivity contribution < 1.29 is 4.42 Å². The van der Waals surface area contributed by atoms with Gasteiger partial charge in [-0.3, -0.25) is 14.8 Å². The molecule has 132 valence electrons. The molecule has 5 rings (SSSR count). The fourth-order valence-corrected chi connectivity index (χ4v) is 3.75. The van der Waals surface area contributed by atoms with Crippen LogP contribution in [0.4, 0.5) is 0 Å². The van der Waals surface area contributed by atoms with Crippen molar-refractivity contribution in [2.45, 2.75) is 25.3 Å². The van der Waals surface area contributed by atoms with Crippen LogP contribution in [0.5, 0.6) is 0 Å². The number of hydrogen-bond acceptors (Lipinski definition) is 5. The van der Waals surface area contributed by atoms with Crippen LogP contribution in [0.25, 0.3) is 16.7 Å². The van der Waals surface area contributed by atoms with Gasteiger partial charge in [-0.2, -0.15) is 0 Å². The second kappa shape index (κ2) is 6.10. The number of likely N-dealkylation sites (tertiary alicyclic amines) is 1. The highest BCUT2D eigenvalue weighted by molar-refractivity contribution is 5.72. The summed E-state index contributed by atoms with van der Waals surface area (Å²) in [7, 11) is 0. The van der Waals surface area contributed by atoms with Crippen LogP contribution in [-0.2, 0) is 6.54 Å². The number of nitrogens with one attached hydrogen (secondary N) is 1. The Kier molecular flexibility index (Phi) is 3.60. The molecular formula is C19H19N5O2. The van der Waals surface area contributed by atoms with Crippen molar-refractivity contribution in [1.29, 1.82) is 0 Å². The van der Waals surface area contributed by atoms with Crippen molar-refractivity contribution in [3.05, 3.63) is 64.5 Å². The van der Waals surface area contributed by atoms with Crippen LogP contribution in [-0.4, -0.2) is 37.6 Å². The molecule has 0 aliphatic carbocycles. The Hall–Kier alpha value is -2.93.